The minimum Gasteiger partial charge on any atom is -0.468 e. The second-order valence-corrected chi connectivity index (χ2v) is 4.42. The summed E-state index contributed by atoms with van der Waals surface area (Å²) in [5.74, 6) is -1.44. The summed E-state index contributed by atoms with van der Waals surface area (Å²) in [6.07, 6.45) is 0. The lowest BCUT2D eigenvalue weighted by molar-refractivity contribution is -0.137. The third-order valence-corrected chi connectivity index (χ3v) is 2.33. The molecule has 0 aromatic rings. The fourth-order valence-electron chi connectivity index (χ4n) is 0.498. The molecule has 0 saturated carbocycles. The molecule has 0 fully saturated rings. The Bertz CT molecular complexity index is 294. The monoisotopic (exact) mass is 207 g/mol. The highest BCUT2D eigenvalue weighted by Crippen LogP contribution is 1.89. The first-order valence-electron chi connectivity index (χ1n) is 3.56. The van der Waals surface area contributed by atoms with Crippen LogP contribution in [0.5, 0.6) is 0 Å². The van der Waals surface area contributed by atoms with Crippen molar-refractivity contribution in [2.24, 2.45) is 0 Å². The van der Waals surface area contributed by atoms with Crippen LogP contribution in [0.15, 0.2) is 12.2 Å². The third kappa shape index (κ3) is 6.30. The van der Waals surface area contributed by atoms with Crippen LogP contribution in [-0.4, -0.2) is 33.8 Å². The molecule has 6 heteroatoms. The number of hydrogen-bond acceptors (Lipinski definition) is 4. The lowest BCUT2D eigenvalue weighted by atomic mass is 10.4. The zero-order valence-electron chi connectivity index (χ0n) is 7.66. The second-order valence-electron chi connectivity index (χ2n) is 2.61. The van der Waals surface area contributed by atoms with Crippen molar-refractivity contribution >= 4 is 16.0 Å². The number of esters is 1. The predicted octanol–water partition coefficient (Wildman–Crippen LogP) is -0.345. The van der Waals surface area contributed by atoms with E-state index in [-0.39, 0.29) is 6.54 Å². The van der Waals surface area contributed by atoms with Crippen LogP contribution in [0.2, 0.25) is 0 Å². The molecule has 0 aliphatic carbocycles. The van der Waals surface area contributed by atoms with E-state index in [1.54, 1.807) is 6.92 Å². The molecule has 0 atom stereocenters. The van der Waals surface area contributed by atoms with Gasteiger partial charge in [-0.3, -0.25) is 4.79 Å². The lowest BCUT2D eigenvalue weighted by Crippen LogP contribution is -2.31. The van der Waals surface area contributed by atoms with Gasteiger partial charge in [0, 0.05) is 6.54 Å². The molecule has 0 aliphatic heterocycles. The van der Waals surface area contributed by atoms with Gasteiger partial charge in [0.1, 0.15) is 0 Å². The minimum atomic E-state index is -3.57. The molecule has 0 aromatic carbocycles. The molecule has 0 aromatic heterocycles. The maximum atomic E-state index is 11.1. The summed E-state index contributed by atoms with van der Waals surface area (Å²) in [6.45, 7) is 5.33. The van der Waals surface area contributed by atoms with Crippen molar-refractivity contribution in [3.8, 4) is 0 Å². The first-order valence-corrected chi connectivity index (χ1v) is 5.21. The molecule has 0 spiro atoms. The van der Waals surface area contributed by atoms with Crippen LogP contribution in [0.1, 0.15) is 6.92 Å². The summed E-state index contributed by atoms with van der Waals surface area (Å²) in [4.78, 5) is 10.6. The van der Waals surface area contributed by atoms with Gasteiger partial charge in [-0.25, -0.2) is 13.1 Å². The van der Waals surface area contributed by atoms with Gasteiger partial charge in [-0.2, -0.15) is 0 Å². The Morgan fingerprint density at radius 1 is 1.54 bits per heavy atom. The Balaban J connectivity index is 4.10. The van der Waals surface area contributed by atoms with Crippen LogP contribution in [-0.2, 0) is 19.6 Å². The van der Waals surface area contributed by atoms with Crippen LogP contribution < -0.4 is 4.72 Å². The van der Waals surface area contributed by atoms with Crippen molar-refractivity contribution in [1.29, 1.82) is 0 Å². The fourth-order valence-corrected chi connectivity index (χ4v) is 1.49. The van der Waals surface area contributed by atoms with Crippen LogP contribution >= 0.6 is 0 Å². The van der Waals surface area contributed by atoms with Crippen LogP contribution in [0.25, 0.3) is 0 Å². The maximum absolute atomic E-state index is 11.1. The Morgan fingerprint density at radius 3 is 2.46 bits per heavy atom. The molecule has 0 unspecified atom stereocenters. The quantitative estimate of drug-likeness (QED) is 0.494. The van der Waals surface area contributed by atoms with Crippen LogP contribution in [0.4, 0.5) is 0 Å². The topological polar surface area (TPSA) is 72.5 Å². The van der Waals surface area contributed by atoms with E-state index in [0.717, 1.165) is 7.11 Å². The highest BCUT2D eigenvalue weighted by atomic mass is 32.2. The third-order valence-electron chi connectivity index (χ3n) is 1.13. The fraction of sp³-hybridized carbons (Fsp3) is 0.571. The predicted molar refractivity (Wildman–Crippen MR) is 48.6 cm³/mol. The normalized spacial score (nSPS) is 10.9. The average molecular weight is 207 g/mol. The number of methoxy groups -OCH3 is 1. The minimum absolute atomic E-state index is 0.138. The number of rotatable bonds is 5. The van der Waals surface area contributed by atoms with E-state index in [1.807, 2.05) is 0 Å². The summed E-state index contributed by atoms with van der Waals surface area (Å²) in [6, 6.07) is 0. The number of ether oxygens (including phenoxy) is 1. The molecule has 0 aliphatic rings. The maximum Gasteiger partial charge on any atom is 0.322 e. The molecule has 1 N–H and O–H groups in total. The largest absolute Gasteiger partial charge is 0.468 e. The van der Waals surface area contributed by atoms with Crippen LogP contribution in [0, 0.1) is 0 Å². The molecule has 0 amide bonds. The SMILES string of the molecule is C=C(C)CNS(=O)(=O)CC(=O)OC. The van der Waals surface area contributed by atoms with Gasteiger partial charge in [0.2, 0.25) is 10.0 Å². The summed E-state index contributed by atoms with van der Waals surface area (Å²) < 4.78 is 28.5. The Labute approximate surface area is 77.8 Å². The Morgan fingerprint density at radius 2 is 2.08 bits per heavy atom. The van der Waals surface area contributed by atoms with Crippen molar-refractivity contribution in [1.82, 2.24) is 4.72 Å². The first kappa shape index (κ1) is 12.1. The molecular formula is C7H13NO4S. The molecule has 13 heavy (non-hydrogen) atoms. The van der Waals surface area contributed by atoms with E-state index in [9.17, 15) is 13.2 Å². The Hall–Kier alpha value is -0.880. The van der Waals surface area contributed by atoms with Gasteiger partial charge in [0.25, 0.3) is 0 Å². The van der Waals surface area contributed by atoms with Crippen molar-refractivity contribution in [3.63, 3.8) is 0 Å². The summed E-state index contributed by atoms with van der Waals surface area (Å²) in [5, 5.41) is 0. The zero-order chi connectivity index (χ0) is 10.5. The van der Waals surface area contributed by atoms with E-state index in [4.69, 9.17) is 0 Å². The van der Waals surface area contributed by atoms with Gasteiger partial charge in [-0.05, 0) is 6.92 Å². The van der Waals surface area contributed by atoms with Gasteiger partial charge >= 0.3 is 5.97 Å². The van der Waals surface area contributed by atoms with E-state index < -0.39 is 21.7 Å². The van der Waals surface area contributed by atoms with Crippen LogP contribution in [0.3, 0.4) is 0 Å². The molecule has 5 nitrogen and oxygen atoms in total. The number of hydrogen-bond donors (Lipinski definition) is 1. The molecular weight excluding hydrogens is 194 g/mol. The molecule has 0 radical (unpaired) electrons. The first-order chi connectivity index (χ1) is 5.87. The van der Waals surface area contributed by atoms with Gasteiger partial charge in [0.05, 0.1) is 7.11 Å². The lowest BCUT2D eigenvalue weighted by Gasteiger charge is -2.04. The molecule has 0 bridgehead atoms. The van der Waals surface area contributed by atoms with Gasteiger partial charge < -0.3 is 4.74 Å². The van der Waals surface area contributed by atoms with E-state index >= 15 is 0 Å². The van der Waals surface area contributed by atoms with Crippen molar-refractivity contribution < 1.29 is 17.9 Å². The molecule has 76 valence electrons. The van der Waals surface area contributed by atoms with E-state index in [2.05, 4.69) is 16.0 Å². The smallest absolute Gasteiger partial charge is 0.322 e. The number of nitrogens with one attached hydrogen (secondary N) is 1. The second kappa shape index (κ2) is 4.98. The molecule has 0 rings (SSSR count). The number of carbonyl (C=O) groups excluding carboxylic acids is 1. The van der Waals surface area contributed by atoms with E-state index in [0.29, 0.717) is 5.57 Å². The van der Waals surface area contributed by atoms with Gasteiger partial charge in [-0.1, -0.05) is 12.2 Å². The number of sulfonamides is 1. The number of carbonyl (C=O) groups is 1. The molecule has 0 heterocycles. The van der Waals surface area contributed by atoms with Gasteiger partial charge in [-0.15, -0.1) is 0 Å². The highest BCUT2D eigenvalue weighted by molar-refractivity contribution is 7.90. The summed E-state index contributed by atoms with van der Waals surface area (Å²) in [7, 11) is -2.44. The highest BCUT2D eigenvalue weighted by Gasteiger charge is 2.15. The van der Waals surface area contributed by atoms with Crippen molar-refractivity contribution in [2.75, 3.05) is 19.4 Å². The van der Waals surface area contributed by atoms with E-state index in [1.165, 1.54) is 0 Å². The zero-order valence-corrected chi connectivity index (χ0v) is 8.48. The standard InChI is InChI=1S/C7H13NO4S/c1-6(2)4-8-13(10,11)5-7(9)12-3/h8H,1,4-5H2,2-3H3. The van der Waals surface area contributed by atoms with Crippen molar-refractivity contribution in [3.05, 3.63) is 12.2 Å². The summed E-state index contributed by atoms with van der Waals surface area (Å²) in [5.41, 5.74) is 0.674. The molecule has 0 saturated heterocycles. The average Bonchev–Trinajstić information content (AvgIpc) is 2.00. The summed E-state index contributed by atoms with van der Waals surface area (Å²) >= 11 is 0. The van der Waals surface area contributed by atoms with Gasteiger partial charge in [0.15, 0.2) is 5.75 Å². The Kier molecular flexibility index (Phi) is 4.64. The van der Waals surface area contributed by atoms with Crippen molar-refractivity contribution in [2.45, 2.75) is 6.92 Å².